The molecule has 3 nitrogen and oxygen atoms in total. The van der Waals surface area contributed by atoms with Gasteiger partial charge in [0.05, 0.1) is 9.77 Å². The molecule has 5 heteroatoms. The van der Waals surface area contributed by atoms with Crippen LogP contribution in [0.3, 0.4) is 0 Å². The highest BCUT2D eigenvalue weighted by molar-refractivity contribution is 7.83. The summed E-state index contributed by atoms with van der Waals surface area (Å²) >= 11 is 1.30. The highest BCUT2D eigenvalue weighted by atomic mass is 32.2. The third-order valence-electron chi connectivity index (χ3n) is 1.36. The second-order valence-electron chi connectivity index (χ2n) is 3.89. The number of rotatable bonds is 3. The van der Waals surface area contributed by atoms with Gasteiger partial charge in [0.1, 0.15) is 11.0 Å². The quantitative estimate of drug-likeness (QED) is 0.808. The third kappa shape index (κ3) is 3.01. The predicted octanol–water partition coefficient (Wildman–Crippen LogP) is 1.97. The Hall–Kier alpha value is -0.520. The zero-order chi connectivity index (χ0) is 10.8. The van der Waals surface area contributed by atoms with Gasteiger partial charge < -0.3 is 0 Å². The normalized spacial score (nSPS) is 13.9. The fraction of sp³-hybridized carbons (Fsp3) is 0.444. The van der Waals surface area contributed by atoms with Crippen molar-refractivity contribution in [1.82, 2.24) is 4.72 Å². The lowest BCUT2D eigenvalue weighted by Crippen LogP contribution is -2.37. The van der Waals surface area contributed by atoms with Gasteiger partial charge in [-0.15, -0.1) is 11.3 Å². The SMILES string of the molecule is CC(C)(C)NS(=O)c1ccsc1C=O. The molecule has 1 rings (SSSR count). The first-order chi connectivity index (χ1) is 6.44. The van der Waals surface area contributed by atoms with E-state index >= 15 is 0 Å². The van der Waals surface area contributed by atoms with Crippen LogP contribution in [0.15, 0.2) is 16.3 Å². The Morgan fingerprint density at radius 3 is 2.64 bits per heavy atom. The lowest BCUT2D eigenvalue weighted by Gasteiger charge is -2.19. The Morgan fingerprint density at radius 2 is 2.14 bits per heavy atom. The van der Waals surface area contributed by atoms with Crippen molar-refractivity contribution in [3.8, 4) is 0 Å². The number of hydrogen-bond donors (Lipinski definition) is 1. The maximum absolute atomic E-state index is 11.7. The van der Waals surface area contributed by atoms with Crippen LogP contribution in [0, 0.1) is 0 Å². The molecule has 1 heterocycles. The first-order valence-corrected chi connectivity index (χ1v) is 6.19. The molecule has 0 aliphatic carbocycles. The molecule has 0 bridgehead atoms. The van der Waals surface area contributed by atoms with Crippen LogP contribution in [0.2, 0.25) is 0 Å². The van der Waals surface area contributed by atoms with Crippen molar-refractivity contribution in [3.05, 3.63) is 16.3 Å². The second-order valence-corrected chi connectivity index (χ2v) is 6.02. The molecule has 0 fully saturated rings. The van der Waals surface area contributed by atoms with Crippen LogP contribution in [0.5, 0.6) is 0 Å². The zero-order valence-corrected chi connectivity index (χ0v) is 10.00. The number of hydrogen-bond acceptors (Lipinski definition) is 3. The molecule has 0 amide bonds. The summed E-state index contributed by atoms with van der Waals surface area (Å²) in [6.45, 7) is 5.79. The molecule has 1 unspecified atom stereocenters. The highest BCUT2D eigenvalue weighted by Gasteiger charge is 2.17. The van der Waals surface area contributed by atoms with Crippen molar-refractivity contribution in [3.63, 3.8) is 0 Å². The van der Waals surface area contributed by atoms with Crippen LogP contribution < -0.4 is 4.72 Å². The second kappa shape index (κ2) is 4.33. The van der Waals surface area contributed by atoms with Crippen molar-refractivity contribution in [1.29, 1.82) is 0 Å². The molecule has 1 aromatic rings. The maximum Gasteiger partial charge on any atom is 0.161 e. The Morgan fingerprint density at radius 1 is 1.50 bits per heavy atom. The fourth-order valence-electron chi connectivity index (χ4n) is 0.881. The minimum atomic E-state index is -1.30. The van der Waals surface area contributed by atoms with Crippen LogP contribution >= 0.6 is 11.3 Å². The van der Waals surface area contributed by atoms with Gasteiger partial charge in [-0.3, -0.25) is 4.79 Å². The summed E-state index contributed by atoms with van der Waals surface area (Å²) in [5.74, 6) is 0. The van der Waals surface area contributed by atoms with Gasteiger partial charge >= 0.3 is 0 Å². The standard InChI is InChI=1S/C9H13NO2S2/c1-9(2,3)10-14(12)8-4-5-13-7(8)6-11/h4-6,10H,1-3H3. The molecule has 0 aliphatic rings. The number of nitrogens with one attached hydrogen (secondary N) is 1. The van der Waals surface area contributed by atoms with Gasteiger partial charge in [0, 0.05) is 5.54 Å². The molecule has 0 spiro atoms. The molecule has 14 heavy (non-hydrogen) atoms. The van der Waals surface area contributed by atoms with Crippen LogP contribution in [0.25, 0.3) is 0 Å². The van der Waals surface area contributed by atoms with Crippen molar-refractivity contribution in [2.24, 2.45) is 0 Å². The van der Waals surface area contributed by atoms with E-state index in [1.807, 2.05) is 20.8 Å². The average Bonchev–Trinajstić information content (AvgIpc) is 2.47. The summed E-state index contributed by atoms with van der Waals surface area (Å²) in [5.41, 5.74) is -0.229. The summed E-state index contributed by atoms with van der Waals surface area (Å²) in [6, 6.07) is 1.71. The summed E-state index contributed by atoms with van der Waals surface area (Å²) in [7, 11) is -1.30. The number of carbonyl (C=O) groups excluding carboxylic acids is 1. The molecule has 0 radical (unpaired) electrons. The average molecular weight is 231 g/mol. The predicted molar refractivity (Wildman–Crippen MR) is 59.0 cm³/mol. The first-order valence-electron chi connectivity index (χ1n) is 4.16. The van der Waals surface area contributed by atoms with Gasteiger partial charge in [-0.2, -0.15) is 0 Å². The van der Waals surface area contributed by atoms with Crippen LogP contribution in [0.4, 0.5) is 0 Å². The molecular formula is C9H13NO2S2. The maximum atomic E-state index is 11.7. The van der Waals surface area contributed by atoms with Crippen molar-refractivity contribution in [2.45, 2.75) is 31.2 Å². The Labute approximate surface area is 90.1 Å². The Kier molecular flexibility index (Phi) is 3.58. The van der Waals surface area contributed by atoms with Crippen LogP contribution in [0.1, 0.15) is 30.4 Å². The van der Waals surface area contributed by atoms with E-state index in [-0.39, 0.29) is 5.54 Å². The first kappa shape index (κ1) is 11.6. The number of carbonyl (C=O) groups is 1. The lowest BCUT2D eigenvalue weighted by atomic mass is 10.1. The molecule has 0 saturated carbocycles. The van der Waals surface area contributed by atoms with Gasteiger partial charge in [0.25, 0.3) is 0 Å². The molecule has 1 aromatic heterocycles. The molecule has 0 saturated heterocycles. The van der Waals surface area contributed by atoms with E-state index in [4.69, 9.17) is 0 Å². The molecule has 1 atom stereocenters. The smallest absolute Gasteiger partial charge is 0.161 e. The molecule has 1 N–H and O–H groups in total. The fourth-order valence-corrected chi connectivity index (χ4v) is 3.02. The largest absolute Gasteiger partial charge is 0.297 e. The summed E-state index contributed by atoms with van der Waals surface area (Å²) < 4.78 is 14.7. The molecule has 78 valence electrons. The van der Waals surface area contributed by atoms with Crippen LogP contribution in [-0.4, -0.2) is 16.0 Å². The topological polar surface area (TPSA) is 46.2 Å². The lowest BCUT2D eigenvalue weighted by molar-refractivity contribution is 0.112. The minimum absolute atomic E-state index is 0.229. The van der Waals surface area contributed by atoms with Gasteiger partial charge in [0.15, 0.2) is 6.29 Å². The van der Waals surface area contributed by atoms with E-state index in [1.54, 1.807) is 11.4 Å². The third-order valence-corrected chi connectivity index (χ3v) is 3.89. The van der Waals surface area contributed by atoms with E-state index in [2.05, 4.69) is 4.72 Å². The Bertz CT molecular complexity index is 352. The summed E-state index contributed by atoms with van der Waals surface area (Å²) in [6.07, 6.45) is 0.738. The van der Waals surface area contributed by atoms with E-state index in [1.165, 1.54) is 11.3 Å². The zero-order valence-electron chi connectivity index (χ0n) is 8.37. The highest BCUT2D eigenvalue weighted by Crippen LogP contribution is 2.18. The number of aldehydes is 1. The van der Waals surface area contributed by atoms with Gasteiger partial charge in [-0.05, 0) is 32.2 Å². The van der Waals surface area contributed by atoms with Gasteiger partial charge in [-0.25, -0.2) is 8.93 Å². The molecule has 0 aromatic carbocycles. The summed E-state index contributed by atoms with van der Waals surface area (Å²) in [4.78, 5) is 11.7. The van der Waals surface area contributed by atoms with E-state index in [0.717, 1.165) is 6.29 Å². The molecular weight excluding hydrogens is 218 g/mol. The van der Waals surface area contributed by atoms with Crippen molar-refractivity contribution in [2.75, 3.05) is 0 Å². The van der Waals surface area contributed by atoms with Gasteiger partial charge in [0.2, 0.25) is 0 Å². The molecule has 0 aliphatic heterocycles. The summed E-state index contributed by atoms with van der Waals surface area (Å²) in [5, 5.41) is 1.77. The van der Waals surface area contributed by atoms with Crippen LogP contribution in [-0.2, 0) is 11.0 Å². The van der Waals surface area contributed by atoms with Crippen molar-refractivity contribution < 1.29 is 9.00 Å². The van der Waals surface area contributed by atoms with Crippen molar-refractivity contribution >= 4 is 28.6 Å². The van der Waals surface area contributed by atoms with E-state index in [9.17, 15) is 9.00 Å². The van der Waals surface area contributed by atoms with E-state index < -0.39 is 11.0 Å². The Balaban J connectivity index is 2.85. The minimum Gasteiger partial charge on any atom is -0.297 e. The monoisotopic (exact) mass is 231 g/mol. The van der Waals surface area contributed by atoms with Gasteiger partial charge in [-0.1, -0.05) is 0 Å². The number of thiophene rings is 1. The van der Waals surface area contributed by atoms with E-state index in [0.29, 0.717) is 9.77 Å².